The van der Waals surface area contributed by atoms with E-state index >= 15 is 0 Å². The number of aromatic amines is 1. The van der Waals surface area contributed by atoms with E-state index in [1.165, 1.54) is 0 Å². The van der Waals surface area contributed by atoms with Crippen LogP contribution in [-0.2, 0) is 4.79 Å². The van der Waals surface area contributed by atoms with Gasteiger partial charge in [-0.15, -0.1) is 0 Å². The first kappa shape index (κ1) is 16.7. The van der Waals surface area contributed by atoms with E-state index in [0.29, 0.717) is 25.4 Å². The fraction of sp³-hybridized carbons (Fsp3) is 0.611. The molecule has 0 radical (unpaired) electrons. The first-order valence-corrected chi connectivity index (χ1v) is 8.91. The number of carbonyl (C=O) groups excluding carboxylic acids is 2. The number of rotatable bonds is 5. The highest BCUT2D eigenvalue weighted by molar-refractivity contribution is 5.94. The first-order chi connectivity index (χ1) is 11.6. The van der Waals surface area contributed by atoms with Crippen LogP contribution in [0.5, 0.6) is 0 Å². The van der Waals surface area contributed by atoms with Gasteiger partial charge in [-0.05, 0) is 57.1 Å². The van der Waals surface area contributed by atoms with E-state index in [0.717, 1.165) is 37.8 Å². The van der Waals surface area contributed by atoms with Crippen LogP contribution in [0.2, 0.25) is 0 Å². The number of carbonyl (C=O) groups is 2. The van der Waals surface area contributed by atoms with Crippen LogP contribution < -0.4 is 10.9 Å². The summed E-state index contributed by atoms with van der Waals surface area (Å²) in [4.78, 5) is 41.6. The van der Waals surface area contributed by atoms with Crippen LogP contribution in [0.15, 0.2) is 16.9 Å². The summed E-state index contributed by atoms with van der Waals surface area (Å²) in [5.41, 5.74) is 0.794. The summed E-state index contributed by atoms with van der Waals surface area (Å²) >= 11 is 0. The molecule has 6 nitrogen and oxygen atoms in total. The average Bonchev–Trinajstić information content (AvgIpc) is 3.40. The van der Waals surface area contributed by atoms with E-state index in [-0.39, 0.29) is 29.0 Å². The Bertz CT molecular complexity index is 678. The van der Waals surface area contributed by atoms with Crippen molar-refractivity contribution in [1.29, 1.82) is 0 Å². The smallest absolute Gasteiger partial charge is 0.261 e. The highest BCUT2D eigenvalue weighted by Crippen LogP contribution is 2.38. The second-order valence-electron chi connectivity index (χ2n) is 6.74. The van der Waals surface area contributed by atoms with Crippen molar-refractivity contribution < 1.29 is 9.59 Å². The Balaban J connectivity index is 1.76. The topological polar surface area (TPSA) is 82.3 Å². The van der Waals surface area contributed by atoms with Crippen molar-refractivity contribution >= 4 is 11.8 Å². The number of aromatic nitrogens is 1. The van der Waals surface area contributed by atoms with E-state index in [4.69, 9.17) is 0 Å². The molecule has 2 aliphatic rings. The lowest BCUT2D eigenvalue weighted by molar-refractivity contribution is -0.122. The van der Waals surface area contributed by atoms with Gasteiger partial charge in [0, 0.05) is 31.2 Å². The highest BCUT2D eigenvalue weighted by Gasteiger charge is 2.31. The maximum Gasteiger partial charge on any atom is 0.261 e. The monoisotopic (exact) mass is 331 g/mol. The lowest BCUT2D eigenvalue weighted by atomic mass is 9.98. The van der Waals surface area contributed by atoms with Crippen LogP contribution in [0.25, 0.3) is 0 Å². The Morgan fingerprint density at radius 1 is 1.25 bits per heavy atom. The van der Waals surface area contributed by atoms with E-state index < -0.39 is 0 Å². The summed E-state index contributed by atoms with van der Waals surface area (Å²) < 4.78 is 0. The molecule has 6 heteroatoms. The number of hydrogen-bond acceptors (Lipinski definition) is 3. The van der Waals surface area contributed by atoms with Gasteiger partial charge < -0.3 is 15.2 Å². The molecule has 1 aliphatic carbocycles. The molecule has 1 saturated carbocycles. The largest absolute Gasteiger partial charge is 0.356 e. The SMILES string of the molecule is CCNC(=O)CC1CCCCN1C(=O)c1ccc(C2CC2)[nH]c1=O. The molecule has 24 heavy (non-hydrogen) atoms. The average molecular weight is 331 g/mol. The van der Waals surface area contributed by atoms with Crippen molar-refractivity contribution in [3.05, 3.63) is 33.7 Å². The van der Waals surface area contributed by atoms with Crippen LogP contribution in [0.3, 0.4) is 0 Å². The maximum absolute atomic E-state index is 12.8. The van der Waals surface area contributed by atoms with Gasteiger partial charge in [0.15, 0.2) is 0 Å². The van der Waals surface area contributed by atoms with Crippen LogP contribution in [0, 0.1) is 0 Å². The summed E-state index contributed by atoms with van der Waals surface area (Å²) in [6.45, 7) is 3.07. The molecule has 0 bridgehead atoms. The Labute approximate surface area is 141 Å². The van der Waals surface area contributed by atoms with Gasteiger partial charge in [0.2, 0.25) is 5.91 Å². The van der Waals surface area contributed by atoms with Crippen LogP contribution in [0.4, 0.5) is 0 Å². The molecule has 1 unspecified atom stereocenters. The molecule has 1 aliphatic heterocycles. The number of likely N-dealkylation sites (tertiary alicyclic amines) is 1. The normalized spacial score (nSPS) is 20.7. The molecule has 0 spiro atoms. The minimum absolute atomic E-state index is 0.0415. The molecule has 2 amide bonds. The zero-order valence-corrected chi connectivity index (χ0v) is 14.1. The Kier molecular flexibility index (Phi) is 5.02. The van der Waals surface area contributed by atoms with Crippen molar-refractivity contribution in [2.45, 2.75) is 57.4 Å². The third kappa shape index (κ3) is 3.68. The molecular formula is C18H25N3O3. The number of amides is 2. The predicted molar refractivity (Wildman–Crippen MR) is 91.0 cm³/mol. The van der Waals surface area contributed by atoms with Gasteiger partial charge in [-0.25, -0.2) is 0 Å². The molecular weight excluding hydrogens is 306 g/mol. The second kappa shape index (κ2) is 7.20. The van der Waals surface area contributed by atoms with Gasteiger partial charge in [0.25, 0.3) is 11.5 Å². The molecule has 2 heterocycles. The number of H-pyrrole nitrogens is 1. The third-order valence-electron chi connectivity index (χ3n) is 4.86. The molecule has 1 aromatic rings. The van der Waals surface area contributed by atoms with Gasteiger partial charge in [-0.3, -0.25) is 14.4 Å². The number of pyridine rings is 1. The maximum atomic E-state index is 12.8. The minimum atomic E-state index is -0.313. The van der Waals surface area contributed by atoms with Crippen LogP contribution in [0.1, 0.15) is 67.4 Å². The number of hydrogen-bond donors (Lipinski definition) is 2. The van der Waals surface area contributed by atoms with Crippen molar-refractivity contribution in [3.8, 4) is 0 Å². The van der Waals surface area contributed by atoms with Gasteiger partial charge in [0.1, 0.15) is 5.56 Å². The number of nitrogens with one attached hydrogen (secondary N) is 2. The Hall–Kier alpha value is -2.11. The van der Waals surface area contributed by atoms with E-state index in [1.54, 1.807) is 11.0 Å². The van der Waals surface area contributed by atoms with Crippen LogP contribution in [-0.4, -0.2) is 40.8 Å². The highest BCUT2D eigenvalue weighted by atomic mass is 16.2. The van der Waals surface area contributed by atoms with Crippen LogP contribution >= 0.6 is 0 Å². The van der Waals surface area contributed by atoms with E-state index in [1.807, 2.05) is 13.0 Å². The summed E-state index contributed by atoms with van der Waals surface area (Å²) in [7, 11) is 0. The minimum Gasteiger partial charge on any atom is -0.356 e. The molecule has 1 atom stereocenters. The molecule has 130 valence electrons. The Morgan fingerprint density at radius 2 is 2.04 bits per heavy atom. The van der Waals surface area contributed by atoms with Crippen molar-refractivity contribution in [2.24, 2.45) is 0 Å². The lowest BCUT2D eigenvalue weighted by Gasteiger charge is -2.35. The zero-order valence-electron chi connectivity index (χ0n) is 14.1. The molecule has 1 aromatic heterocycles. The summed E-state index contributed by atoms with van der Waals surface area (Å²) in [5.74, 6) is 0.148. The second-order valence-corrected chi connectivity index (χ2v) is 6.74. The number of nitrogens with zero attached hydrogens (tertiary/aromatic N) is 1. The summed E-state index contributed by atoms with van der Waals surface area (Å²) in [5, 5.41) is 2.79. The first-order valence-electron chi connectivity index (χ1n) is 8.91. The third-order valence-corrected chi connectivity index (χ3v) is 4.86. The standard InChI is InChI=1S/C18H25N3O3/c1-2-19-16(22)11-13-5-3-4-10-21(13)18(24)14-8-9-15(12-6-7-12)20-17(14)23/h8-9,12-13H,2-7,10-11H2,1H3,(H,19,22)(H,20,23). The van der Waals surface area contributed by atoms with Crippen molar-refractivity contribution in [3.63, 3.8) is 0 Å². The zero-order chi connectivity index (χ0) is 17.1. The van der Waals surface area contributed by atoms with E-state index in [9.17, 15) is 14.4 Å². The fourth-order valence-corrected chi connectivity index (χ4v) is 3.41. The number of piperidine rings is 1. The summed E-state index contributed by atoms with van der Waals surface area (Å²) in [6.07, 6.45) is 5.23. The Morgan fingerprint density at radius 3 is 2.71 bits per heavy atom. The quantitative estimate of drug-likeness (QED) is 0.863. The predicted octanol–water partition coefficient (Wildman–Crippen LogP) is 1.77. The van der Waals surface area contributed by atoms with Crippen molar-refractivity contribution in [2.75, 3.05) is 13.1 Å². The molecule has 1 saturated heterocycles. The van der Waals surface area contributed by atoms with Crippen molar-refractivity contribution in [1.82, 2.24) is 15.2 Å². The van der Waals surface area contributed by atoms with E-state index in [2.05, 4.69) is 10.3 Å². The molecule has 3 rings (SSSR count). The van der Waals surface area contributed by atoms with Gasteiger partial charge >= 0.3 is 0 Å². The van der Waals surface area contributed by atoms with Gasteiger partial charge in [-0.2, -0.15) is 0 Å². The molecule has 0 aromatic carbocycles. The van der Waals surface area contributed by atoms with Gasteiger partial charge in [-0.1, -0.05) is 0 Å². The van der Waals surface area contributed by atoms with Gasteiger partial charge in [0.05, 0.1) is 0 Å². The summed E-state index contributed by atoms with van der Waals surface area (Å²) in [6, 6.07) is 3.38. The molecule has 2 N–H and O–H groups in total. The molecule has 2 fully saturated rings. The lowest BCUT2D eigenvalue weighted by Crippen LogP contribution is -2.47. The fourth-order valence-electron chi connectivity index (χ4n) is 3.41.